The summed E-state index contributed by atoms with van der Waals surface area (Å²) < 4.78 is 11.4. The minimum Gasteiger partial charge on any atom is -0.323 e. The Morgan fingerprint density at radius 1 is 1.26 bits per heavy atom. The molecule has 0 aromatic heterocycles. The molecule has 6 heteroatoms. The molecule has 0 heterocycles. The van der Waals surface area contributed by atoms with Gasteiger partial charge in [0.15, 0.2) is 0 Å². The van der Waals surface area contributed by atoms with Gasteiger partial charge in [-0.15, -0.1) is 0 Å². The summed E-state index contributed by atoms with van der Waals surface area (Å²) in [5.74, 6) is 0. The van der Waals surface area contributed by atoms with Crippen LogP contribution >= 0.6 is 0 Å². The number of urea groups is 1. The predicted octanol–water partition coefficient (Wildman–Crippen LogP) is 2.96. The zero-order chi connectivity index (χ0) is 16.8. The van der Waals surface area contributed by atoms with Crippen molar-refractivity contribution in [2.24, 2.45) is 0 Å². The molecule has 0 bridgehead atoms. The van der Waals surface area contributed by atoms with Gasteiger partial charge in [-0.1, -0.05) is 18.2 Å². The Morgan fingerprint density at radius 3 is 2.57 bits per heavy atom. The molecule has 1 atom stereocenters. The maximum atomic E-state index is 12.2. The van der Waals surface area contributed by atoms with Crippen molar-refractivity contribution in [2.45, 2.75) is 11.4 Å². The lowest BCUT2D eigenvalue weighted by molar-refractivity contribution is 0.220. The van der Waals surface area contributed by atoms with Gasteiger partial charge in [-0.25, -0.2) is 4.79 Å². The summed E-state index contributed by atoms with van der Waals surface area (Å²) in [6.07, 6.45) is 1.63. The monoisotopic (exact) mass is 327 g/mol. The summed E-state index contributed by atoms with van der Waals surface area (Å²) in [5.41, 5.74) is 2.02. The molecule has 1 N–H and O–H groups in total. The highest BCUT2D eigenvalue weighted by molar-refractivity contribution is 7.84. The first kappa shape index (κ1) is 16.7. The first-order valence-corrected chi connectivity index (χ1v) is 8.50. The molecular formula is C17H17N3O2S. The van der Waals surface area contributed by atoms with Crippen LogP contribution in [0.15, 0.2) is 53.4 Å². The van der Waals surface area contributed by atoms with Gasteiger partial charge in [-0.05, 0) is 35.9 Å². The normalized spacial score (nSPS) is 11.3. The molecule has 5 nitrogen and oxygen atoms in total. The van der Waals surface area contributed by atoms with E-state index in [4.69, 9.17) is 5.26 Å². The maximum absolute atomic E-state index is 12.2. The fourth-order valence-corrected chi connectivity index (χ4v) is 2.54. The Kier molecular flexibility index (Phi) is 5.50. The van der Waals surface area contributed by atoms with Gasteiger partial charge < -0.3 is 10.2 Å². The number of nitriles is 1. The Balaban J connectivity index is 1.99. The van der Waals surface area contributed by atoms with Crippen LogP contribution in [0.3, 0.4) is 0 Å². The van der Waals surface area contributed by atoms with E-state index in [2.05, 4.69) is 5.32 Å². The summed E-state index contributed by atoms with van der Waals surface area (Å²) in [6, 6.07) is 15.8. The number of hydrogen-bond acceptors (Lipinski definition) is 3. The molecule has 0 aliphatic carbocycles. The zero-order valence-corrected chi connectivity index (χ0v) is 13.8. The molecule has 2 rings (SSSR count). The van der Waals surface area contributed by atoms with Crippen molar-refractivity contribution < 1.29 is 9.00 Å². The van der Waals surface area contributed by atoms with Crippen molar-refractivity contribution in [3.63, 3.8) is 0 Å². The van der Waals surface area contributed by atoms with Crippen LogP contribution < -0.4 is 5.32 Å². The predicted molar refractivity (Wildman–Crippen MR) is 90.4 cm³/mol. The average Bonchev–Trinajstić information content (AvgIpc) is 2.55. The van der Waals surface area contributed by atoms with E-state index in [1.165, 1.54) is 4.90 Å². The van der Waals surface area contributed by atoms with E-state index in [9.17, 15) is 9.00 Å². The molecule has 0 saturated carbocycles. The van der Waals surface area contributed by atoms with Crippen molar-refractivity contribution in [1.82, 2.24) is 4.90 Å². The van der Waals surface area contributed by atoms with Gasteiger partial charge >= 0.3 is 6.03 Å². The molecule has 23 heavy (non-hydrogen) atoms. The van der Waals surface area contributed by atoms with E-state index >= 15 is 0 Å². The van der Waals surface area contributed by atoms with E-state index in [-0.39, 0.29) is 6.03 Å². The van der Waals surface area contributed by atoms with Crippen LogP contribution in [0.25, 0.3) is 0 Å². The number of benzene rings is 2. The third-order valence-corrected chi connectivity index (χ3v) is 4.20. The quantitative estimate of drug-likeness (QED) is 0.938. The third kappa shape index (κ3) is 4.66. The third-order valence-electron chi connectivity index (χ3n) is 3.26. The lowest BCUT2D eigenvalue weighted by Crippen LogP contribution is -2.30. The van der Waals surface area contributed by atoms with Crippen molar-refractivity contribution in [2.75, 3.05) is 18.6 Å². The first-order chi connectivity index (χ1) is 11.0. The van der Waals surface area contributed by atoms with E-state index in [0.717, 1.165) is 10.5 Å². The zero-order valence-electron chi connectivity index (χ0n) is 12.9. The fourth-order valence-electron chi connectivity index (χ4n) is 2.02. The minimum absolute atomic E-state index is 0.261. The number of hydrogen-bond donors (Lipinski definition) is 1. The summed E-state index contributed by atoms with van der Waals surface area (Å²) in [5, 5.41) is 11.6. The Hall–Kier alpha value is -2.65. The lowest BCUT2D eigenvalue weighted by atomic mass is 10.2. The van der Waals surface area contributed by atoms with Gasteiger partial charge in [-0.2, -0.15) is 5.26 Å². The second kappa shape index (κ2) is 7.56. The largest absolute Gasteiger partial charge is 0.323 e. The second-order valence-corrected chi connectivity index (χ2v) is 6.46. The van der Waals surface area contributed by atoms with E-state index in [0.29, 0.717) is 17.8 Å². The number of rotatable bonds is 4. The highest BCUT2D eigenvalue weighted by atomic mass is 32.2. The average molecular weight is 327 g/mol. The fraction of sp³-hybridized carbons (Fsp3) is 0.176. The van der Waals surface area contributed by atoms with Gasteiger partial charge in [-0.3, -0.25) is 4.21 Å². The number of nitrogens with zero attached hydrogens (tertiary/aromatic N) is 2. The first-order valence-electron chi connectivity index (χ1n) is 6.94. The summed E-state index contributed by atoms with van der Waals surface area (Å²) in [6.45, 7) is 0.431. The molecule has 2 amide bonds. The van der Waals surface area contributed by atoms with Crippen molar-refractivity contribution >= 4 is 22.5 Å². The standard InChI is InChI=1S/C17H17N3O2S/c1-20(12-13-6-8-16(9-7-13)23(2)22)17(21)19-15-5-3-4-14(10-15)11-18/h3-10H,12H2,1-2H3,(H,19,21). The number of carbonyl (C=O) groups excluding carboxylic acids is 1. The van der Waals surface area contributed by atoms with Gasteiger partial charge in [0.2, 0.25) is 0 Å². The molecule has 2 aromatic rings. The molecule has 1 unspecified atom stereocenters. The van der Waals surface area contributed by atoms with Gasteiger partial charge in [0, 0.05) is 41.2 Å². The smallest absolute Gasteiger partial charge is 0.321 e. The van der Waals surface area contributed by atoms with Gasteiger partial charge in [0.25, 0.3) is 0 Å². The van der Waals surface area contributed by atoms with Crippen molar-refractivity contribution in [1.29, 1.82) is 5.26 Å². The van der Waals surface area contributed by atoms with Gasteiger partial charge in [0.05, 0.1) is 11.6 Å². The molecule has 0 aliphatic heterocycles. The van der Waals surface area contributed by atoms with E-state index in [1.807, 2.05) is 18.2 Å². The molecule has 118 valence electrons. The summed E-state index contributed by atoms with van der Waals surface area (Å²) in [7, 11) is 0.682. The molecule has 0 spiro atoms. The lowest BCUT2D eigenvalue weighted by Gasteiger charge is -2.18. The van der Waals surface area contributed by atoms with Crippen molar-refractivity contribution in [3.05, 3.63) is 59.7 Å². The summed E-state index contributed by atoms with van der Waals surface area (Å²) in [4.78, 5) is 14.5. The van der Waals surface area contributed by atoms with Crippen LogP contribution in [-0.4, -0.2) is 28.4 Å². The number of amides is 2. The van der Waals surface area contributed by atoms with Crippen LogP contribution in [0.2, 0.25) is 0 Å². The minimum atomic E-state index is -1.01. The van der Waals surface area contributed by atoms with Crippen LogP contribution in [-0.2, 0) is 17.3 Å². The second-order valence-electron chi connectivity index (χ2n) is 5.08. The number of carbonyl (C=O) groups is 1. The molecule has 0 radical (unpaired) electrons. The molecule has 0 aliphatic rings. The van der Waals surface area contributed by atoms with Crippen LogP contribution in [0.1, 0.15) is 11.1 Å². The SMILES string of the molecule is CN(Cc1ccc(S(C)=O)cc1)C(=O)Nc1cccc(C#N)c1. The Bertz CT molecular complexity index is 766. The molecular weight excluding hydrogens is 310 g/mol. The highest BCUT2D eigenvalue weighted by Gasteiger charge is 2.10. The Morgan fingerprint density at radius 2 is 1.96 bits per heavy atom. The molecule has 2 aromatic carbocycles. The number of anilines is 1. The highest BCUT2D eigenvalue weighted by Crippen LogP contribution is 2.12. The Labute approximate surface area is 138 Å². The molecule has 0 saturated heterocycles. The van der Waals surface area contributed by atoms with E-state index < -0.39 is 10.8 Å². The molecule has 0 fully saturated rings. The van der Waals surface area contributed by atoms with Crippen molar-refractivity contribution in [3.8, 4) is 6.07 Å². The van der Waals surface area contributed by atoms with Gasteiger partial charge in [0.1, 0.15) is 0 Å². The van der Waals surface area contributed by atoms with Crippen LogP contribution in [0.5, 0.6) is 0 Å². The topological polar surface area (TPSA) is 73.2 Å². The maximum Gasteiger partial charge on any atom is 0.321 e. The van der Waals surface area contributed by atoms with E-state index in [1.54, 1.807) is 49.7 Å². The van der Waals surface area contributed by atoms with Crippen LogP contribution in [0, 0.1) is 11.3 Å². The van der Waals surface area contributed by atoms with Crippen LogP contribution in [0.4, 0.5) is 10.5 Å². The summed E-state index contributed by atoms with van der Waals surface area (Å²) >= 11 is 0. The number of nitrogens with one attached hydrogen (secondary N) is 1.